The highest BCUT2D eigenvalue weighted by Crippen LogP contribution is 2.40. The third kappa shape index (κ3) is 5.81. The first-order valence-electron chi connectivity index (χ1n) is 12.3. The second kappa shape index (κ2) is 10.2. The molecule has 1 heterocycles. The number of aromatic hydroxyl groups is 1. The summed E-state index contributed by atoms with van der Waals surface area (Å²) in [4.78, 5) is 29.8. The van der Waals surface area contributed by atoms with E-state index in [1.807, 2.05) is 71.9 Å². The van der Waals surface area contributed by atoms with Gasteiger partial charge in [0.2, 0.25) is 0 Å². The smallest absolute Gasteiger partial charge is 0.356 e. The first-order chi connectivity index (χ1) is 16.7. The van der Waals surface area contributed by atoms with E-state index >= 15 is 0 Å². The van der Waals surface area contributed by atoms with Crippen molar-refractivity contribution in [3.05, 3.63) is 89.0 Å². The Morgan fingerprint density at radius 2 is 1.53 bits per heavy atom. The van der Waals surface area contributed by atoms with Gasteiger partial charge in [0, 0.05) is 29.4 Å². The molecule has 2 aromatic carbocycles. The molecule has 192 valence electrons. The fraction of sp³-hybridized carbons (Fsp3) is 0.400. The quantitative estimate of drug-likeness (QED) is 0.387. The summed E-state index contributed by atoms with van der Waals surface area (Å²) in [5.41, 5.74) is 2.63. The fourth-order valence-electron chi connectivity index (χ4n) is 4.22. The maximum Gasteiger partial charge on any atom is 0.356 e. The molecule has 0 aromatic heterocycles. The van der Waals surface area contributed by atoms with Gasteiger partial charge in [0.05, 0.1) is 13.2 Å². The number of benzene rings is 2. The number of carbonyl (C=O) groups excluding carboxylic acids is 2. The minimum absolute atomic E-state index is 0.00493. The third-order valence-electron chi connectivity index (χ3n) is 6.24. The van der Waals surface area contributed by atoms with Gasteiger partial charge in [0.1, 0.15) is 17.3 Å². The SMILES string of the molecule is C=C1N(CC(=O)c2cc(C(C)(C)C)c(O)c(C(C)(C)C)c2)C=C(C(=O)OCC)N1Cc1ccccc1. The molecular weight excluding hydrogens is 452 g/mol. The second-order valence-electron chi connectivity index (χ2n) is 11.2. The molecule has 6 heteroatoms. The highest BCUT2D eigenvalue weighted by atomic mass is 16.5. The number of ketones is 1. The van der Waals surface area contributed by atoms with Crippen LogP contribution in [0.25, 0.3) is 0 Å². The van der Waals surface area contributed by atoms with E-state index in [1.54, 1.807) is 35.1 Å². The highest BCUT2D eigenvalue weighted by molar-refractivity contribution is 5.99. The summed E-state index contributed by atoms with van der Waals surface area (Å²) < 4.78 is 5.27. The highest BCUT2D eigenvalue weighted by Gasteiger charge is 2.33. The summed E-state index contributed by atoms with van der Waals surface area (Å²) in [5, 5.41) is 11.0. The van der Waals surface area contributed by atoms with Crippen LogP contribution in [0.4, 0.5) is 0 Å². The molecule has 2 aromatic rings. The van der Waals surface area contributed by atoms with Crippen LogP contribution < -0.4 is 0 Å². The number of hydrogen-bond donors (Lipinski definition) is 1. The van der Waals surface area contributed by atoms with Gasteiger partial charge in [-0.3, -0.25) is 4.79 Å². The summed E-state index contributed by atoms with van der Waals surface area (Å²) in [5.74, 6) is 0.171. The predicted octanol–water partition coefficient (Wildman–Crippen LogP) is 5.86. The summed E-state index contributed by atoms with van der Waals surface area (Å²) in [6.07, 6.45) is 1.64. The molecule has 0 unspecified atom stereocenters. The average molecular weight is 491 g/mol. The average Bonchev–Trinajstić information content (AvgIpc) is 3.08. The molecule has 0 amide bonds. The fourth-order valence-corrected chi connectivity index (χ4v) is 4.22. The summed E-state index contributed by atoms with van der Waals surface area (Å²) in [6.45, 7) is 18.7. The molecule has 6 nitrogen and oxygen atoms in total. The zero-order valence-electron chi connectivity index (χ0n) is 22.5. The number of nitrogens with zero attached hydrogens (tertiary/aromatic N) is 2. The van der Waals surface area contributed by atoms with E-state index in [1.165, 1.54) is 0 Å². The maximum atomic E-state index is 13.6. The second-order valence-corrected chi connectivity index (χ2v) is 11.2. The van der Waals surface area contributed by atoms with Crippen LogP contribution in [0, 0.1) is 0 Å². The van der Waals surface area contributed by atoms with Crippen molar-refractivity contribution in [2.45, 2.75) is 65.8 Å². The first-order valence-corrected chi connectivity index (χ1v) is 12.3. The summed E-state index contributed by atoms with van der Waals surface area (Å²) in [7, 11) is 0. The van der Waals surface area contributed by atoms with E-state index in [9.17, 15) is 14.7 Å². The minimum atomic E-state index is -0.459. The summed E-state index contributed by atoms with van der Waals surface area (Å²) >= 11 is 0. The van der Waals surface area contributed by atoms with E-state index in [0.29, 0.717) is 23.6 Å². The zero-order chi connectivity index (χ0) is 26.8. The van der Waals surface area contributed by atoms with Crippen molar-refractivity contribution in [3.63, 3.8) is 0 Å². The number of phenolic OH excluding ortho intramolecular Hbond substituents is 1. The van der Waals surface area contributed by atoms with E-state index < -0.39 is 5.97 Å². The standard InChI is InChI=1S/C30H38N2O4/c1-9-36-28(35)25-18-31(20(2)32(25)17-21-13-11-10-12-14-21)19-26(33)22-15-23(29(3,4)5)27(34)24(16-22)30(6,7)8/h10-16,18,34H,2,9,17,19H2,1,3-8H3. The lowest BCUT2D eigenvalue weighted by Gasteiger charge is -2.28. The Kier molecular flexibility index (Phi) is 7.68. The number of esters is 1. The zero-order valence-corrected chi connectivity index (χ0v) is 22.5. The van der Waals surface area contributed by atoms with Crippen molar-refractivity contribution in [2.24, 2.45) is 0 Å². The molecule has 3 rings (SSSR count). The van der Waals surface area contributed by atoms with Crippen molar-refractivity contribution in [1.82, 2.24) is 9.80 Å². The van der Waals surface area contributed by atoms with Gasteiger partial charge in [-0.05, 0) is 35.4 Å². The minimum Gasteiger partial charge on any atom is -0.507 e. The number of ether oxygens (including phenoxy) is 1. The molecule has 1 N–H and O–H groups in total. The molecule has 0 bridgehead atoms. The van der Waals surface area contributed by atoms with Gasteiger partial charge in [0.25, 0.3) is 0 Å². The Balaban J connectivity index is 1.95. The lowest BCUT2D eigenvalue weighted by molar-refractivity contribution is -0.140. The molecular formula is C30H38N2O4. The largest absolute Gasteiger partial charge is 0.507 e. The number of carbonyl (C=O) groups is 2. The van der Waals surface area contributed by atoms with E-state index in [0.717, 1.165) is 16.7 Å². The Bertz CT molecular complexity index is 1150. The van der Waals surface area contributed by atoms with Gasteiger partial charge in [-0.1, -0.05) is 78.5 Å². The van der Waals surface area contributed by atoms with Crippen LogP contribution in [0.15, 0.2) is 66.8 Å². The van der Waals surface area contributed by atoms with Gasteiger partial charge in [0.15, 0.2) is 5.78 Å². The lowest BCUT2D eigenvalue weighted by Crippen LogP contribution is -2.29. The van der Waals surface area contributed by atoms with Gasteiger partial charge < -0.3 is 19.6 Å². The van der Waals surface area contributed by atoms with Gasteiger partial charge >= 0.3 is 5.97 Å². The topological polar surface area (TPSA) is 70.1 Å². The van der Waals surface area contributed by atoms with Crippen LogP contribution in [-0.2, 0) is 26.9 Å². The third-order valence-corrected chi connectivity index (χ3v) is 6.24. The lowest BCUT2D eigenvalue weighted by atomic mass is 9.78. The number of rotatable bonds is 7. The van der Waals surface area contributed by atoms with Crippen molar-refractivity contribution in [2.75, 3.05) is 13.2 Å². The van der Waals surface area contributed by atoms with Gasteiger partial charge in [-0.15, -0.1) is 0 Å². The van der Waals surface area contributed by atoms with Gasteiger partial charge in [-0.2, -0.15) is 0 Å². The van der Waals surface area contributed by atoms with Crippen molar-refractivity contribution in [1.29, 1.82) is 0 Å². The van der Waals surface area contributed by atoms with Crippen molar-refractivity contribution in [3.8, 4) is 5.75 Å². The number of Topliss-reactive ketones (excluding diaryl/α,β-unsaturated/α-hetero) is 1. The number of phenols is 1. The molecule has 0 radical (unpaired) electrons. The van der Waals surface area contributed by atoms with Crippen LogP contribution in [0.5, 0.6) is 5.75 Å². The Morgan fingerprint density at radius 3 is 2.03 bits per heavy atom. The normalized spacial score (nSPS) is 14.2. The monoisotopic (exact) mass is 490 g/mol. The summed E-state index contributed by atoms with van der Waals surface area (Å²) in [6, 6.07) is 13.3. The van der Waals surface area contributed by atoms with E-state index in [4.69, 9.17) is 4.74 Å². The van der Waals surface area contributed by atoms with Crippen LogP contribution in [0.3, 0.4) is 0 Å². The molecule has 0 spiro atoms. The Labute approximate surface area is 214 Å². The number of hydrogen-bond acceptors (Lipinski definition) is 6. The first kappa shape index (κ1) is 27.1. The molecule has 0 aliphatic carbocycles. The molecule has 0 atom stereocenters. The van der Waals surface area contributed by atoms with Crippen LogP contribution >= 0.6 is 0 Å². The van der Waals surface area contributed by atoms with Crippen LogP contribution in [-0.4, -0.2) is 39.8 Å². The molecule has 0 saturated carbocycles. The molecule has 0 fully saturated rings. The predicted molar refractivity (Wildman–Crippen MR) is 142 cm³/mol. The Morgan fingerprint density at radius 1 is 0.972 bits per heavy atom. The molecule has 0 saturated heterocycles. The maximum absolute atomic E-state index is 13.6. The van der Waals surface area contributed by atoms with Crippen molar-refractivity contribution < 1.29 is 19.4 Å². The molecule has 36 heavy (non-hydrogen) atoms. The van der Waals surface area contributed by atoms with Crippen LogP contribution in [0.1, 0.15) is 75.5 Å². The van der Waals surface area contributed by atoms with E-state index in [2.05, 4.69) is 6.58 Å². The van der Waals surface area contributed by atoms with E-state index in [-0.39, 0.29) is 35.5 Å². The van der Waals surface area contributed by atoms with Gasteiger partial charge in [-0.25, -0.2) is 4.79 Å². The Hall–Kier alpha value is -3.54. The van der Waals surface area contributed by atoms with Crippen LogP contribution in [0.2, 0.25) is 0 Å². The van der Waals surface area contributed by atoms with Crippen molar-refractivity contribution >= 4 is 11.8 Å². The molecule has 1 aliphatic rings. The molecule has 1 aliphatic heterocycles.